The van der Waals surface area contributed by atoms with Crippen molar-refractivity contribution in [1.29, 1.82) is 0 Å². The van der Waals surface area contributed by atoms with Crippen LogP contribution < -0.4 is 5.32 Å². The van der Waals surface area contributed by atoms with Gasteiger partial charge < -0.3 is 14.6 Å². The summed E-state index contributed by atoms with van der Waals surface area (Å²) < 4.78 is 32.4. The van der Waals surface area contributed by atoms with Crippen molar-refractivity contribution in [2.75, 3.05) is 6.54 Å². The number of rotatable bonds is 4. The molecule has 0 fully saturated rings. The van der Waals surface area contributed by atoms with Gasteiger partial charge in [0, 0.05) is 44.0 Å². The van der Waals surface area contributed by atoms with E-state index in [2.05, 4.69) is 10.3 Å². The lowest BCUT2D eigenvalue weighted by Gasteiger charge is -2.26. The van der Waals surface area contributed by atoms with E-state index in [4.69, 9.17) is 4.42 Å². The molecule has 0 saturated heterocycles. The van der Waals surface area contributed by atoms with Gasteiger partial charge in [0.1, 0.15) is 23.1 Å². The molecular weight excluding hydrogens is 344 g/mol. The van der Waals surface area contributed by atoms with Crippen LogP contribution in [0.15, 0.2) is 22.6 Å². The highest BCUT2D eigenvalue weighted by atomic mass is 19.1. The normalized spacial score (nSPS) is 14.7. The third kappa shape index (κ3) is 4.07. The predicted octanol–water partition coefficient (Wildman–Crippen LogP) is 2.42. The van der Waals surface area contributed by atoms with Crippen LogP contribution in [0.3, 0.4) is 0 Å². The molecular formula is C18H19F2N3O3. The maximum Gasteiger partial charge on any atom is 0.226 e. The van der Waals surface area contributed by atoms with Crippen LogP contribution in [-0.2, 0) is 22.6 Å². The molecule has 1 unspecified atom stereocenters. The zero-order valence-corrected chi connectivity index (χ0v) is 14.5. The molecule has 0 radical (unpaired) electrons. The molecule has 138 valence electrons. The lowest BCUT2D eigenvalue weighted by atomic mass is 10.1. The van der Waals surface area contributed by atoms with Crippen LogP contribution in [0.1, 0.15) is 31.7 Å². The predicted molar refractivity (Wildman–Crippen MR) is 88.9 cm³/mol. The summed E-state index contributed by atoms with van der Waals surface area (Å²) in [7, 11) is 0. The molecule has 26 heavy (non-hydrogen) atoms. The van der Waals surface area contributed by atoms with Crippen molar-refractivity contribution in [3.63, 3.8) is 0 Å². The van der Waals surface area contributed by atoms with Crippen LogP contribution in [0.2, 0.25) is 0 Å². The Balaban J connectivity index is 1.72. The SMILES string of the molecule is CC(=O)NC(C)CC(=O)N1CCc2oc(-c3cc(F)cc(F)c3)nc2C1. The van der Waals surface area contributed by atoms with Crippen molar-refractivity contribution in [2.24, 2.45) is 0 Å². The average Bonchev–Trinajstić information content (AvgIpc) is 2.96. The van der Waals surface area contributed by atoms with Gasteiger partial charge in [-0.15, -0.1) is 0 Å². The summed E-state index contributed by atoms with van der Waals surface area (Å²) >= 11 is 0. The van der Waals surface area contributed by atoms with E-state index in [1.807, 2.05) is 0 Å². The van der Waals surface area contributed by atoms with E-state index in [9.17, 15) is 18.4 Å². The molecule has 1 N–H and O–H groups in total. The van der Waals surface area contributed by atoms with Gasteiger partial charge in [0.15, 0.2) is 0 Å². The number of hydrogen-bond donors (Lipinski definition) is 1. The summed E-state index contributed by atoms with van der Waals surface area (Å²) in [5.74, 6) is -0.953. The largest absolute Gasteiger partial charge is 0.441 e. The molecule has 1 aromatic heterocycles. The van der Waals surface area contributed by atoms with Crippen LogP contribution in [0.4, 0.5) is 8.78 Å². The van der Waals surface area contributed by atoms with E-state index in [1.165, 1.54) is 6.92 Å². The van der Waals surface area contributed by atoms with Gasteiger partial charge in [0.25, 0.3) is 0 Å². The molecule has 2 aromatic rings. The molecule has 2 heterocycles. The van der Waals surface area contributed by atoms with Crippen molar-refractivity contribution in [3.8, 4) is 11.5 Å². The van der Waals surface area contributed by atoms with Gasteiger partial charge in [-0.1, -0.05) is 0 Å². The molecule has 6 nitrogen and oxygen atoms in total. The second-order valence-corrected chi connectivity index (χ2v) is 6.42. The Morgan fingerprint density at radius 3 is 2.65 bits per heavy atom. The van der Waals surface area contributed by atoms with Crippen LogP contribution >= 0.6 is 0 Å². The number of nitrogens with one attached hydrogen (secondary N) is 1. The molecule has 3 rings (SSSR count). The van der Waals surface area contributed by atoms with Crippen LogP contribution in [-0.4, -0.2) is 34.3 Å². The Bertz CT molecular complexity index is 830. The zero-order valence-electron chi connectivity index (χ0n) is 14.5. The number of aromatic nitrogens is 1. The number of carbonyl (C=O) groups excluding carboxylic acids is 2. The van der Waals surface area contributed by atoms with Crippen LogP contribution in [0, 0.1) is 11.6 Å². The summed E-state index contributed by atoms with van der Waals surface area (Å²) in [6.45, 7) is 3.90. The quantitative estimate of drug-likeness (QED) is 0.905. The van der Waals surface area contributed by atoms with Gasteiger partial charge in [-0.2, -0.15) is 0 Å². The molecule has 0 saturated carbocycles. The highest BCUT2D eigenvalue weighted by Crippen LogP contribution is 2.27. The fourth-order valence-electron chi connectivity index (χ4n) is 3.00. The Labute approximate surface area is 149 Å². The second kappa shape index (κ2) is 7.23. The van der Waals surface area contributed by atoms with Gasteiger partial charge in [-0.05, 0) is 19.1 Å². The van der Waals surface area contributed by atoms with E-state index in [0.29, 0.717) is 24.4 Å². The topological polar surface area (TPSA) is 75.4 Å². The highest BCUT2D eigenvalue weighted by Gasteiger charge is 2.26. The van der Waals surface area contributed by atoms with Crippen molar-refractivity contribution < 1.29 is 22.8 Å². The summed E-state index contributed by atoms with van der Waals surface area (Å²) in [6.07, 6.45) is 0.662. The smallest absolute Gasteiger partial charge is 0.226 e. The van der Waals surface area contributed by atoms with E-state index in [-0.39, 0.29) is 42.3 Å². The second-order valence-electron chi connectivity index (χ2n) is 6.42. The number of carbonyl (C=O) groups is 2. The standard InChI is InChI=1S/C18H19F2N3O3/c1-10(21-11(2)24)5-17(25)23-4-3-16-15(9-23)22-18(26-16)12-6-13(19)8-14(20)7-12/h6-8,10H,3-5,9H2,1-2H3,(H,21,24). The van der Waals surface area contributed by atoms with Crippen molar-refractivity contribution in [2.45, 2.75) is 39.3 Å². The molecule has 2 amide bonds. The fourth-order valence-corrected chi connectivity index (χ4v) is 3.00. The first-order chi connectivity index (χ1) is 12.3. The maximum absolute atomic E-state index is 13.4. The monoisotopic (exact) mass is 363 g/mol. The minimum atomic E-state index is -0.708. The van der Waals surface area contributed by atoms with E-state index in [0.717, 1.165) is 18.2 Å². The Morgan fingerprint density at radius 1 is 1.31 bits per heavy atom. The number of nitrogens with zero attached hydrogens (tertiary/aromatic N) is 2. The number of fused-ring (bicyclic) bond motifs is 1. The van der Waals surface area contributed by atoms with Crippen LogP contribution in [0.25, 0.3) is 11.5 Å². The molecule has 8 heteroatoms. The number of benzene rings is 1. The van der Waals surface area contributed by atoms with E-state index < -0.39 is 11.6 Å². The molecule has 1 aliphatic rings. The first-order valence-corrected chi connectivity index (χ1v) is 8.31. The van der Waals surface area contributed by atoms with Gasteiger partial charge in [-0.25, -0.2) is 13.8 Å². The third-order valence-corrected chi connectivity index (χ3v) is 4.12. The lowest BCUT2D eigenvalue weighted by molar-refractivity contribution is -0.132. The third-order valence-electron chi connectivity index (χ3n) is 4.12. The van der Waals surface area contributed by atoms with Gasteiger partial charge in [-0.3, -0.25) is 9.59 Å². The molecule has 1 atom stereocenters. The number of oxazole rings is 1. The minimum Gasteiger partial charge on any atom is -0.441 e. The van der Waals surface area contributed by atoms with Gasteiger partial charge in [0.05, 0.1) is 6.54 Å². The van der Waals surface area contributed by atoms with Gasteiger partial charge >= 0.3 is 0 Å². The minimum absolute atomic E-state index is 0.0988. The first-order valence-electron chi connectivity index (χ1n) is 8.31. The average molecular weight is 363 g/mol. The maximum atomic E-state index is 13.4. The number of halogens is 2. The van der Waals surface area contributed by atoms with Crippen molar-refractivity contribution in [1.82, 2.24) is 15.2 Å². The summed E-state index contributed by atoms with van der Waals surface area (Å²) in [5.41, 5.74) is 0.797. The van der Waals surface area contributed by atoms with Gasteiger partial charge in [0.2, 0.25) is 17.7 Å². The van der Waals surface area contributed by atoms with Crippen molar-refractivity contribution in [3.05, 3.63) is 41.3 Å². The highest BCUT2D eigenvalue weighted by molar-refractivity contribution is 5.79. The Kier molecular flexibility index (Phi) is 5.01. The lowest BCUT2D eigenvalue weighted by Crippen LogP contribution is -2.40. The summed E-state index contributed by atoms with van der Waals surface area (Å²) in [4.78, 5) is 29.4. The molecule has 1 aliphatic heterocycles. The van der Waals surface area contributed by atoms with Crippen LogP contribution in [0.5, 0.6) is 0 Å². The van der Waals surface area contributed by atoms with E-state index >= 15 is 0 Å². The molecule has 1 aromatic carbocycles. The number of amides is 2. The van der Waals surface area contributed by atoms with E-state index in [1.54, 1.807) is 11.8 Å². The molecule has 0 spiro atoms. The Hall–Kier alpha value is -2.77. The fraction of sp³-hybridized carbons (Fsp3) is 0.389. The Morgan fingerprint density at radius 2 is 2.00 bits per heavy atom. The van der Waals surface area contributed by atoms with Crippen molar-refractivity contribution >= 4 is 11.8 Å². The zero-order chi connectivity index (χ0) is 18.8. The first kappa shape index (κ1) is 18.0. The molecule has 0 aliphatic carbocycles. The summed E-state index contributed by atoms with van der Waals surface area (Å²) in [5, 5.41) is 2.68. The molecule has 0 bridgehead atoms. The number of hydrogen-bond acceptors (Lipinski definition) is 4. The summed E-state index contributed by atoms with van der Waals surface area (Å²) in [6, 6.07) is 2.82.